The van der Waals surface area contributed by atoms with Crippen molar-refractivity contribution in [3.05, 3.63) is 60.2 Å². The van der Waals surface area contributed by atoms with Gasteiger partial charge in [-0.1, -0.05) is 42.5 Å². The molecule has 0 fully saturated rings. The highest BCUT2D eigenvalue weighted by atomic mass is 16.4. The average molecular weight is 265 g/mol. The van der Waals surface area contributed by atoms with Gasteiger partial charge in [-0.25, -0.2) is 0 Å². The van der Waals surface area contributed by atoms with Crippen molar-refractivity contribution in [1.29, 1.82) is 0 Å². The summed E-state index contributed by atoms with van der Waals surface area (Å²) in [5.41, 5.74) is 6.63. The molecule has 0 heterocycles. The van der Waals surface area contributed by atoms with Crippen LogP contribution in [0.15, 0.2) is 54.6 Å². The summed E-state index contributed by atoms with van der Waals surface area (Å²) in [7, 11) is 0. The number of fused-ring (bicyclic) bond motifs is 2. The third-order valence-electron chi connectivity index (χ3n) is 3.59. The van der Waals surface area contributed by atoms with Gasteiger partial charge in [0.25, 0.3) is 0 Å². The Kier molecular flexibility index (Phi) is 3.12. The lowest BCUT2D eigenvalue weighted by atomic mass is 9.96. The standard InChI is InChI=1S/C17H15NO2/c18-16(17(19)20)10-14-7-3-6-13-8-11-4-1-2-5-12(11)9-15(13)14/h1-9,16H,10,18H2,(H,19,20). The second-order valence-corrected chi connectivity index (χ2v) is 4.99. The first-order valence-corrected chi connectivity index (χ1v) is 6.54. The maximum absolute atomic E-state index is 10.9. The molecule has 0 amide bonds. The summed E-state index contributed by atoms with van der Waals surface area (Å²) < 4.78 is 0. The first-order chi connectivity index (χ1) is 9.65. The van der Waals surface area contributed by atoms with Crippen molar-refractivity contribution >= 4 is 27.5 Å². The molecule has 0 saturated heterocycles. The molecule has 0 spiro atoms. The predicted octanol–water partition coefficient (Wildman–Crippen LogP) is 2.95. The van der Waals surface area contributed by atoms with Crippen LogP contribution in [0.5, 0.6) is 0 Å². The Hall–Kier alpha value is -2.39. The van der Waals surface area contributed by atoms with Crippen molar-refractivity contribution in [1.82, 2.24) is 0 Å². The molecule has 0 radical (unpaired) electrons. The minimum Gasteiger partial charge on any atom is -0.480 e. The number of carboxylic acids is 1. The monoisotopic (exact) mass is 265 g/mol. The molecule has 0 aromatic heterocycles. The molecule has 20 heavy (non-hydrogen) atoms. The number of benzene rings is 3. The van der Waals surface area contributed by atoms with E-state index in [1.807, 2.05) is 30.3 Å². The van der Waals surface area contributed by atoms with E-state index in [0.29, 0.717) is 6.42 Å². The number of hydrogen-bond donors (Lipinski definition) is 2. The van der Waals surface area contributed by atoms with Gasteiger partial charge in [0.15, 0.2) is 0 Å². The zero-order chi connectivity index (χ0) is 14.1. The number of hydrogen-bond acceptors (Lipinski definition) is 2. The zero-order valence-corrected chi connectivity index (χ0v) is 10.9. The van der Waals surface area contributed by atoms with Crippen molar-refractivity contribution in [3.8, 4) is 0 Å². The molecular formula is C17H15NO2. The Morgan fingerprint density at radius 3 is 2.35 bits per heavy atom. The molecule has 1 atom stereocenters. The van der Waals surface area contributed by atoms with Crippen molar-refractivity contribution < 1.29 is 9.90 Å². The number of rotatable bonds is 3. The van der Waals surface area contributed by atoms with E-state index in [2.05, 4.69) is 24.3 Å². The zero-order valence-electron chi connectivity index (χ0n) is 10.9. The molecule has 100 valence electrons. The van der Waals surface area contributed by atoms with E-state index in [4.69, 9.17) is 10.8 Å². The maximum atomic E-state index is 10.9. The van der Waals surface area contributed by atoms with Crippen LogP contribution in [0.3, 0.4) is 0 Å². The maximum Gasteiger partial charge on any atom is 0.320 e. The van der Waals surface area contributed by atoms with Crippen LogP contribution in [0.25, 0.3) is 21.5 Å². The summed E-state index contributed by atoms with van der Waals surface area (Å²) >= 11 is 0. The van der Waals surface area contributed by atoms with Crippen LogP contribution in [-0.4, -0.2) is 17.1 Å². The van der Waals surface area contributed by atoms with Gasteiger partial charge in [-0.3, -0.25) is 4.79 Å². The minimum atomic E-state index is -0.970. The first-order valence-electron chi connectivity index (χ1n) is 6.54. The van der Waals surface area contributed by atoms with Crippen molar-refractivity contribution in [3.63, 3.8) is 0 Å². The van der Waals surface area contributed by atoms with E-state index >= 15 is 0 Å². The van der Waals surface area contributed by atoms with Gasteiger partial charge in [0.2, 0.25) is 0 Å². The average Bonchev–Trinajstić information content (AvgIpc) is 2.45. The topological polar surface area (TPSA) is 63.3 Å². The van der Waals surface area contributed by atoms with Crippen LogP contribution in [-0.2, 0) is 11.2 Å². The molecule has 0 aliphatic carbocycles. The second-order valence-electron chi connectivity index (χ2n) is 4.99. The Morgan fingerprint density at radius 2 is 1.65 bits per heavy atom. The third-order valence-corrected chi connectivity index (χ3v) is 3.59. The summed E-state index contributed by atoms with van der Waals surface area (Å²) in [6, 6.07) is 17.4. The highest BCUT2D eigenvalue weighted by Gasteiger charge is 2.13. The highest BCUT2D eigenvalue weighted by Crippen LogP contribution is 2.26. The van der Waals surface area contributed by atoms with Gasteiger partial charge in [-0.2, -0.15) is 0 Å². The molecule has 0 saturated carbocycles. The van der Waals surface area contributed by atoms with Gasteiger partial charge >= 0.3 is 5.97 Å². The van der Waals surface area contributed by atoms with Gasteiger partial charge in [-0.05, 0) is 45.7 Å². The molecule has 1 unspecified atom stereocenters. The lowest BCUT2D eigenvalue weighted by molar-refractivity contribution is -0.138. The largest absolute Gasteiger partial charge is 0.480 e. The molecule has 0 aliphatic heterocycles. The molecule has 3 N–H and O–H groups in total. The third kappa shape index (κ3) is 2.24. The summed E-state index contributed by atoms with van der Waals surface area (Å²) in [6.07, 6.45) is 0.338. The predicted molar refractivity (Wildman–Crippen MR) is 80.8 cm³/mol. The van der Waals surface area contributed by atoms with Crippen LogP contribution in [0.1, 0.15) is 5.56 Å². The summed E-state index contributed by atoms with van der Waals surface area (Å²) in [5.74, 6) is -0.970. The Labute approximate surface area is 116 Å². The van der Waals surface area contributed by atoms with E-state index in [9.17, 15) is 4.79 Å². The van der Waals surface area contributed by atoms with E-state index in [-0.39, 0.29) is 0 Å². The fourth-order valence-electron chi connectivity index (χ4n) is 2.53. The molecule has 0 aliphatic rings. The van der Waals surface area contributed by atoms with E-state index < -0.39 is 12.0 Å². The van der Waals surface area contributed by atoms with Gasteiger partial charge in [0.05, 0.1) is 0 Å². The smallest absolute Gasteiger partial charge is 0.320 e. The fourth-order valence-corrected chi connectivity index (χ4v) is 2.53. The summed E-state index contributed by atoms with van der Waals surface area (Å²) in [5, 5.41) is 13.5. The van der Waals surface area contributed by atoms with Crippen LogP contribution >= 0.6 is 0 Å². The van der Waals surface area contributed by atoms with Gasteiger partial charge < -0.3 is 10.8 Å². The van der Waals surface area contributed by atoms with Crippen LogP contribution in [0.4, 0.5) is 0 Å². The van der Waals surface area contributed by atoms with E-state index in [1.165, 1.54) is 5.39 Å². The van der Waals surface area contributed by atoms with Gasteiger partial charge in [0.1, 0.15) is 6.04 Å². The Bertz CT molecular complexity index is 795. The lowest BCUT2D eigenvalue weighted by Gasteiger charge is -2.11. The lowest BCUT2D eigenvalue weighted by Crippen LogP contribution is -2.32. The molecule has 3 rings (SSSR count). The van der Waals surface area contributed by atoms with Crippen molar-refractivity contribution in [2.75, 3.05) is 0 Å². The second kappa shape index (κ2) is 4.94. The minimum absolute atomic E-state index is 0.338. The molecule has 3 heteroatoms. The Morgan fingerprint density at radius 1 is 1.00 bits per heavy atom. The number of carboxylic acid groups (broad SMARTS) is 1. The molecule has 3 aromatic carbocycles. The van der Waals surface area contributed by atoms with E-state index in [1.54, 1.807) is 0 Å². The van der Waals surface area contributed by atoms with Crippen LogP contribution in [0, 0.1) is 0 Å². The summed E-state index contributed by atoms with van der Waals surface area (Å²) in [4.78, 5) is 10.9. The van der Waals surface area contributed by atoms with Gasteiger partial charge in [-0.15, -0.1) is 0 Å². The SMILES string of the molecule is NC(Cc1cccc2cc3ccccc3cc12)C(=O)O. The molecule has 3 nitrogen and oxygen atoms in total. The van der Waals surface area contributed by atoms with Gasteiger partial charge in [0, 0.05) is 0 Å². The number of aliphatic carboxylic acids is 1. The number of carbonyl (C=O) groups is 1. The van der Waals surface area contributed by atoms with E-state index in [0.717, 1.165) is 21.7 Å². The van der Waals surface area contributed by atoms with Crippen molar-refractivity contribution in [2.45, 2.75) is 12.5 Å². The fraction of sp³-hybridized carbons (Fsp3) is 0.118. The Balaban J connectivity index is 2.17. The number of nitrogens with two attached hydrogens (primary N) is 1. The molecule has 0 bridgehead atoms. The first kappa shape index (κ1) is 12.6. The highest BCUT2D eigenvalue weighted by molar-refractivity contribution is 5.99. The molecular weight excluding hydrogens is 250 g/mol. The van der Waals surface area contributed by atoms with Crippen LogP contribution < -0.4 is 5.73 Å². The quantitative estimate of drug-likeness (QED) is 0.716. The molecule has 3 aromatic rings. The normalized spacial score (nSPS) is 12.7. The summed E-state index contributed by atoms with van der Waals surface area (Å²) in [6.45, 7) is 0. The van der Waals surface area contributed by atoms with Crippen molar-refractivity contribution in [2.24, 2.45) is 5.73 Å². The van der Waals surface area contributed by atoms with Crippen LogP contribution in [0.2, 0.25) is 0 Å².